The monoisotopic (exact) mass is 429 g/mol. The number of likely N-dealkylation sites (tertiary alicyclic amines) is 1. The van der Waals surface area contributed by atoms with Gasteiger partial charge in [-0.3, -0.25) is 9.59 Å². The van der Waals surface area contributed by atoms with E-state index in [9.17, 15) is 14.7 Å². The van der Waals surface area contributed by atoms with Crippen molar-refractivity contribution in [2.45, 2.75) is 25.8 Å². The molecule has 7 heteroatoms. The van der Waals surface area contributed by atoms with Crippen LogP contribution in [0.5, 0.6) is 11.5 Å². The molecule has 0 radical (unpaired) electrons. The molecular formula is C23H24ClNO5. The Morgan fingerprint density at radius 1 is 1.07 bits per heavy atom. The number of ketones is 1. The van der Waals surface area contributed by atoms with E-state index in [1.807, 2.05) is 6.92 Å². The molecule has 1 atom stereocenters. The molecule has 1 aliphatic heterocycles. The van der Waals surface area contributed by atoms with Gasteiger partial charge >= 0.3 is 0 Å². The van der Waals surface area contributed by atoms with Gasteiger partial charge in [0, 0.05) is 17.1 Å². The van der Waals surface area contributed by atoms with Gasteiger partial charge in [-0.05, 0) is 48.4 Å². The second-order valence-corrected chi connectivity index (χ2v) is 7.40. The molecule has 0 spiro atoms. The van der Waals surface area contributed by atoms with Crippen molar-refractivity contribution >= 4 is 29.1 Å². The number of carbonyl (C=O) groups excluding carboxylic acids is 2. The molecule has 158 valence electrons. The van der Waals surface area contributed by atoms with Crippen molar-refractivity contribution in [3.8, 4) is 11.5 Å². The van der Waals surface area contributed by atoms with Crippen LogP contribution in [0, 0.1) is 0 Å². The molecule has 1 saturated heterocycles. The minimum Gasteiger partial charge on any atom is -0.507 e. The normalized spacial score (nSPS) is 18.0. The molecule has 1 amide bonds. The Morgan fingerprint density at radius 2 is 1.73 bits per heavy atom. The Hall–Kier alpha value is -2.99. The summed E-state index contributed by atoms with van der Waals surface area (Å²) in [5.41, 5.74) is 1.11. The lowest BCUT2D eigenvalue weighted by Gasteiger charge is -2.25. The van der Waals surface area contributed by atoms with E-state index >= 15 is 0 Å². The van der Waals surface area contributed by atoms with E-state index in [4.69, 9.17) is 21.1 Å². The third kappa shape index (κ3) is 4.00. The first-order valence-electron chi connectivity index (χ1n) is 9.69. The average Bonchev–Trinajstić information content (AvgIpc) is 3.01. The number of amides is 1. The van der Waals surface area contributed by atoms with Crippen molar-refractivity contribution in [2.75, 3.05) is 20.8 Å². The van der Waals surface area contributed by atoms with E-state index in [2.05, 4.69) is 0 Å². The maximum absolute atomic E-state index is 12.9. The number of Topliss-reactive ketones (excluding diaryl/α,β-unsaturated/α-hetero) is 1. The zero-order valence-corrected chi connectivity index (χ0v) is 17.9. The third-order valence-electron chi connectivity index (χ3n) is 5.13. The third-order valence-corrected chi connectivity index (χ3v) is 5.39. The van der Waals surface area contributed by atoms with Gasteiger partial charge in [-0.1, -0.05) is 31.0 Å². The number of hydrogen-bond acceptors (Lipinski definition) is 5. The first-order chi connectivity index (χ1) is 14.4. The maximum atomic E-state index is 12.9. The second-order valence-electron chi connectivity index (χ2n) is 6.97. The summed E-state index contributed by atoms with van der Waals surface area (Å²) in [6.45, 7) is 2.41. The van der Waals surface area contributed by atoms with Crippen LogP contribution in [0.15, 0.2) is 48.0 Å². The summed E-state index contributed by atoms with van der Waals surface area (Å²) < 4.78 is 10.7. The summed E-state index contributed by atoms with van der Waals surface area (Å²) in [6.07, 6.45) is 1.59. The standard InChI is InChI=1S/C23H24ClNO5/c1-4-5-12-25-20(15-8-11-17(29-2)18(13-15)30-3)19(22(27)23(25)28)21(26)14-6-9-16(24)10-7-14/h6-11,13,20,26H,4-5,12H2,1-3H3/t20-/m1/s1. The van der Waals surface area contributed by atoms with Crippen molar-refractivity contribution < 1.29 is 24.2 Å². The number of nitrogens with zero attached hydrogens (tertiary/aromatic N) is 1. The fourth-order valence-corrected chi connectivity index (χ4v) is 3.70. The molecule has 1 N–H and O–H groups in total. The van der Waals surface area contributed by atoms with Crippen LogP contribution in [0.25, 0.3) is 5.76 Å². The molecule has 6 nitrogen and oxygen atoms in total. The molecule has 0 aromatic heterocycles. The van der Waals surface area contributed by atoms with E-state index in [0.29, 0.717) is 34.2 Å². The van der Waals surface area contributed by atoms with Gasteiger partial charge in [0.05, 0.1) is 25.8 Å². The maximum Gasteiger partial charge on any atom is 0.295 e. The Balaban J connectivity index is 2.18. The molecule has 1 fully saturated rings. The van der Waals surface area contributed by atoms with Crippen molar-refractivity contribution in [1.29, 1.82) is 0 Å². The second kappa shape index (κ2) is 9.22. The number of halogens is 1. The van der Waals surface area contributed by atoms with Gasteiger partial charge in [0.2, 0.25) is 0 Å². The number of unbranched alkanes of at least 4 members (excludes halogenated alkanes) is 1. The topological polar surface area (TPSA) is 76.1 Å². The van der Waals surface area contributed by atoms with Gasteiger partial charge in [-0.2, -0.15) is 0 Å². The molecule has 0 saturated carbocycles. The number of aliphatic hydroxyl groups excluding tert-OH is 1. The number of benzene rings is 2. The number of aliphatic hydroxyl groups is 1. The van der Waals surface area contributed by atoms with Gasteiger partial charge in [0.25, 0.3) is 11.7 Å². The summed E-state index contributed by atoms with van der Waals surface area (Å²) in [6, 6.07) is 11.0. The molecule has 1 aliphatic rings. The van der Waals surface area contributed by atoms with E-state index in [1.54, 1.807) is 42.5 Å². The highest BCUT2D eigenvalue weighted by Gasteiger charge is 2.45. The van der Waals surface area contributed by atoms with E-state index in [1.165, 1.54) is 19.1 Å². The van der Waals surface area contributed by atoms with Crippen LogP contribution in [-0.4, -0.2) is 42.5 Å². The largest absolute Gasteiger partial charge is 0.507 e. The average molecular weight is 430 g/mol. The predicted molar refractivity (Wildman–Crippen MR) is 115 cm³/mol. The van der Waals surface area contributed by atoms with Crippen LogP contribution in [0.1, 0.15) is 36.9 Å². The quantitative estimate of drug-likeness (QED) is 0.396. The first-order valence-corrected chi connectivity index (χ1v) is 10.1. The predicted octanol–water partition coefficient (Wildman–Crippen LogP) is 4.58. The lowest BCUT2D eigenvalue weighted by Crippen LogP contribution is -2.30. The van der Waals surface area contributed by atoms with Crippen molar-refractivity contribution in [1.82, 2.24) is 4.90 Å². The zero-order chi connectivity index (χ0) is 21.8. The minimum atomic E-state index is -0.730. The molecule has 0 bridgehead atoms. The van der Waals surface area contributed by atoms with E-state index in [0.717, 1.165) is 12.8 Å². The summed E-state index contributed by atoms with van der Waals surface area (Å²) in [4.78, 5) is 27.3. The van der Waals surface area contributed by atoms with Gasteiger partial charge in [0.15, 0.2) is 11.5 Å². The molecule has 30 heavy (non-hydrogen) atoms. The molecule has 1 heterocycles. The van der Waals surface area contributed by atoms with E-state index < -0.39 is 17.7 Å². The lowest BCUT2D eigenvalue weighted by atomic mass is 9.95. The van der Waals surface area contributed by atoms with Crippen LogP contribution in [0.4, 0.5) is 0 Å². The fraction of sp³-hybridized carbons (Fsp3) is 0.304. The summed E-state index contributed by atoms with van der Waals surface area (Å²) in [5, 5.41) is 11.5. The SMILES string of the molecule is CCCCN1C(=O)C(=O)C(=C(O)c2ccc(Cl)cc2)[C@H]1c1ccc(OC)c(OC)c1. The van der Waals surface area contributed by atoms with Crippen LogP contribution in [-0.2, 0) is 9.59 Å². The van der Waals surface area contributed by atoms with Gasteiger partial charge < -0.3 is 19.5 Å². The molecule has 0 unspecified atom stereocenters. The molecule has 0 aliphatic carbocycles. The summed E-state index contributed by atoms with van der Waals surface area (Å²) in [7, 11) is 3.05. The number of ether oxygens (including phenoxy) is 2. The molecule has 2 aromatic rings. The lowest BCUT2D eigenvalue weighted by molar-refractivity contribution is -0.139. The molecule has 2 aromatic carbocycles. The van der Waals surface area contributed by atoms with Crippen LogP contribution in [0.3, 0.4) is 0 Å². The molecule has 3 rings (SSSR count). The van der Waals surface area contributed by atoms with Gasteiger partial charge in [-0.25, -0.2) is 0 Å². The summed E-state index contributed by atoms with van der Waals surface area (Å²) >= 11 is 5.94. The highest BCUT2D eigenvalue weighted by atomic mass is 35.5. The summed E-state index contributed by atoms with van der Waals surface area (Å²) in [5.74, 6) is -0.562. The number of carbonyl (C=O) groups is 2. The van der Waals surface area contributed by atoms with E-state index in [-0.39, 0.29) is 11.3 Å². The van der Waals surface area contributed by atoms with Gasteiger partial charge in [-0.15, -0.1) is 0 Å². The number of methoxy groups -OCH3 is 2. The Labute approximate surface area is 180 Å². The zero-order valence-electron chi connectivity index (χ0n) is 17.1. The molecular weight excluding hydrogens is 406 g/mol. The highest BCUT2D eigenvalue weighted by Crippen LogP contribution is 2.42. The first kappa shape index (κ1) is 21.7. The fourth-order valence-electron chi connectivity index (χ4n) is 3.57. The number of rotatable bonds is 7. The Bertz CT molecular complexity index is 984. The number of hydrogen-bond donors (Lipinski definition) is 1. The van der Waals surface area contributed by atoms with Gasteiger partial charge in [0.1, 0.15) is 5.76 Å². The van der Waals surface area contributed by atoms with Crippen molar-refractivity contribution in [2.24, 2.45) is 0 Å². The smallest absolute Gasteiger partial charge is 0.295 e. The minimum absolute atomic E-state index is 0.0469. The Kier molecular flexibility index (Phi) is 6.67. The van der Waals surface area contributed by atoms with Crippen molar-refractivity contribution in [3.05, 3.63) is 64.2 Å². The van der Waals surface area contributed by atoms with Crippen LogP contribution < -0.4 is 9.47 Å². The Morgan fingerprint density at radius 3 is 2.33 bits per heavy atom. The highest BCUT2D eigenvalue weighted by molar-refractivity contribution is 6.46. The van der Waals surface area contributed by atoms with Crippen molar-refractivity contribution in [3.63, 3.8) is 0 Å². The van der Waals surface area contributed by atoms with Crippen LogP contribution >= 0.6 is 11.6 Å². The van der Waals surface area contributed by atoms with Crippen LogP contribution in [0.2, 0.25) is 5.02 Å².